The van der Waals surface area contributed by atoms with Gasteiger partial charge in [0.1, 0.15) is 11.5 Å². The smallest absolute Gasteiger partial charge is 0.264 e. The van der Waals surface area contributed by atoms with Crippen LogP contribution in [0.15, 0.2) is 45.3 Å². The Kier molecular flexibility index (Phi) is 2.57. The lowest BCUT2D eigenvalue weighted by molar-refractivity contribution is 0.0268. The van der Waals surface area contributed by atoms with Gasteiger partial charge in [-0.1, -0.05) is 47.8 Å². The highest BCUT2D eigenvalue weighted by atomic mass is 79.9. The van der Waals surface area contributed by atoms with E-state index in [9.17, 15) is 0 Å². The third kappa shape index (κ3) is 1.58. The van der Waals surface area contributed by atoms with E-state index in [2.05, 4.69) is 59.9 Å². The number of fused-ring (bicyclic) bond motifs is 5. The molecule has 0 fully saturated rings. The van der Waals surface area contributed by atoms with Gasteiger partial charge in [0, 0.05) is 20.1 Å². The highest BCUT2D eigenvalue weighted by Crippen LogP contribution is 2.59. The standard InChI is InChI=1S/C14H7Br3O2/c15-7-1-3-11-9(5-7)14(17)10-6-8(16)2-4-12(10)19-13(14)18-11/h1-6,13H. The van der Waals surface area contributed by atoms with Gasteiger partial charge in [-0.25, -0.2) is 0 Å². The molecule has 0 amide bonds. The second kappa shape index (κ2) is 3.99. The van der Waals surface area contributed by atoms with Gasteiger partial charge in [-0.2, -0.15) is 0 Å². The summed E-state index contributed by atoms with van der Waals surface area (Å²) in [6.45, 7) is 0. The molecule has 0 unspecified atom stereocenters. The SMILES string of the molecule is Brc1ccc2c(c1)C1(Br)c3cc(Br)ccc3OC1O2. The highest BCUT2D eigenvalue weighted by Gasteiger charge is 2.56. The molecule has 0 radical (unpaired) electrons. The van der Waals surface area contributed by atoms with Crippen LogP contribution in [0.1, 0.15) is 11.1 Å². The molecule has 19 heavy (non-hydrogen) atoms. The van der Waals surface area contributed by atoms with Crippen molar-refractivity contribution in [3.05, 3.63) is 56.5 Å². The first-order valence-corrected chi connectivity index (χ1v) is 8.09. The number of halogens is 3. The molecule has 0 saturated carbocycles. The van der Waals surface area contributed by atoms with Crippen molar-refractivity contribution in [2.45, 2.75) is 10.6 Å². The number of hydrogen-bond acceptors (Lipinski definition) is 2. The van der Waals surface area contributed by atoms with Crippen LogP contribution in [0.2, 0.25) is 0 Å². The van der Waals surface area contributed by atoms with Crippen LogP contribution in [0.5, 0.6) is 11.5 Å². The highest BCUT2D eigenvalue weighted by molar-refractivity contribution is 9.11. The van der Waals surface area contributed by atoms with Crippen molar-refractivity contribution in [1.82, 2.24) is 0 Å². The maximum Gasteiger partial charge on any atom is 0.264 e. The Balaban J connectivity index is 2.00. The number of hydrogen-bond donors (Lipinski definition) is 0. The number of rotatable bonds is 0. The summed E-state index contributed by atoms with van der Waals surface area (Å²) in [5.74, 6) is 1.71. The van der Waals surface area contributed by atoms with Gasteiger partial charge < -0.3 is 9.47 Å². The lowest BCUT2D eigenvalue weighted by Crippen LogP contribution is -2.31. The number of ether oxygens (including phenoxy) is 2. The molecule has 0 bridgehead atoms. The molecule has 2 heterocycles. The molecule has 0 saturated heterocycles. The van der Waals surface area contributed by atoms with Crippen LogP contribution in [-0.4, -0.2) is 6.29 Å². The van der Waals surface area contributed by atoms with Crippen LogP contribution in [0.25, 0.3) is 0 Å². The lowest BCUT2D eigenvalue weighted by Gasteiger charge is -2.19. The summed E-state index contributed by atoms with van der Waals surface area (Å²) in [6, 6.07) is 12.0. The van der Waals surface area contributed by atoms with E-state index < -0.39 is 4.32 Å². The zero-order valence-corrected chi connectivity index (χ0v) is 14.2. The molecular weight excluding hydrogens is 440 g/mol. The fourth-order valence-electron chi connectivity index (χ4n) is 2.59. The number of benzene rings is 2. The minimum atomic E-state index is -0.439. The summed E-state index contributed by atoms with van der Waals surface area (Å²) in [5, 5.41) is 0. The predicted molar refractivity (Wildman–Crippen MR) is 83.0 cm³/mol. The van der Waals surface area contributed by atoms with Crippen LogP contribution in [0.4, 0.5) is 0 Å². The average Bonchev–Trinajstić information content (AvgIpc) is 2.80. The minimum Gasteiger partial charge on any atom is -0.452 e. The Bertz CT molecular complexity index is 644. The third-order valence-electron chi connectivity index (χ3n) is 3.46. The topological polar surface area (TPSA) is 18.5 Å². The Morgan fingerprint density at radius 3 is 1.79 bits per heavy atom. The van der Waals surface area contributed by atoms with Gasteiger partial charge in [0.05, 0.1) is 0 Å². The first kappa shape index (κ1) is 12.2. The van der Waals surface area contributed by atoms with Crippen LogP contribution in [-0.2, 0) is 4.32 Å². The van der Waals surface area contributed by atoms with Crippen molar-refractivity contribution in [3.63, 3.8) is 0 Å². The predicted octanol–water partition coefficient (Wildman–Crippen LogP) is 4.96. The Morgan fingerprint density at radius 2 is 1.32 bits per heavy atom. The molecule has 0 atom stereocenters. The molecule has 2 nitrogen and oxygen atoms in total. The minimum absolute atomic E-state index is 0.360. The molecule has 0 N–H and O–H groups in total. The third-order valence-corrected chi connectivity index (χ3v) is 5.67. The van der Waals surface area contributed by atoms with Crippen molar-refractivity contribution in [2.75, 3.05) is 0 Å². The van der Waals surface area contributed by atoms with E-state index in [0.29, 0.717) is 0 Å². The normalized spacial score (nSPS) is 26.2. The van der Waals surface area contributed by atoms with Gasteiger partial charge in [-0.05, 0) is 36.4 Å². The molecular formula is C14H7Br3O2. The second-order valence-electron chi connectivity index (χ2n) is 4.56. The van der Waals surface area contributed by atoms with Gasteiger partial charge in [0.25, 0.3) is 6.29 Å². The molecule has 2 aromatic carbocycles. The van der Waals surface area contributed by atoms with E-state index in [-0.39, 0.29) is 6.29 Å². The number of alkyl halides is 1. The Morgan fingerprint density at radius 1 is 0.842 bits per heavy atom. The van der Waals surface area contributed by atoms with Gasteiger partial charge in [0.15, 0.2) is 4.32 Å². The largest absolute Gasteiger partial charge is 0.452 e. The van der Waals surface area contributed by atoms with Gasteiger partial charge >= 0.3 is 0 Å². The summed E-state index contributed by atoms with van der Waals surface area (Å²) in [6.07, 6.45) is -0.360. The van der Waals surface area contributed by atoms with Gasteiger partial charge in [-0.15, -0.1) is 0 Å². The zero-order chi connectivity index (χ0) is 13.2. The van der Waals surface area contributed by atoms with Crippen molar-refractivity contribution in [1.29, 1.82) is 0 Å². The van der Waals surface area contributed by atoms with E-state index in [1.54, 1.807) is 0 Å². The van der Waals surface area contributed by atoms with Crippen LogP contribution in [0, 0.1) is 0 Å². The Labute approximate surface area is 135 Å². The second-order valence-corrected chi connectivity index (χ2v) is 7.64. The molecule has 2 aliphatic heterocycles. The molecule has 0 aromatic heterocycles. The van der Waals surface area contributed by atoms with E-state index in [1.807, 2.05) is 24.3 Å². The summed E-state index contributed by atoms with van der Waals surface area (Å²) >= 11 is 10.9. The van der Waals surface area contributed by atoms with E-state index in [4.69, 9.17) is 9.47 Å². The summed E-state index contributed by atoms with van der Waals surface area (Å²) in [7, 11) is 0. The molecule has 0 aliphatic carbocycles. The van der Waals surface area contributed by atoms with Crippen molar-refractivity contribution in [3.8, 4) is 11.5 Å². The Hall–Kier alpha value is -0.520. The first-order valence-electron chi connectivity index (χ1n) is 5.71. The van der Waals surface area contributed by atoms with Crippen LogP contribution < -0.4 is 9.47 Å². The molecule has 0 spiro atoms. The summed E-state index contributed by atoms with van der Waals surface area (Å²) < 4.78 is 13.4. The van der Waals surface area contributed by atoms with E-state index in [1.165, 1.54) is 0 Å². The van der Waals surface area contributed by atoms with Crippen molar-refractivity contribution >= 4 is 47.8 Å². The van der Waals surface area contributed by atoms with Crippen LogP contribution in [0.3, 0.4) is 0 Å². The fourth-order valence-corrected chi connectivity index (χ4v) is 4.12. The monoisotopic (exact) mass is 444 g/mol. The lowest BCUT2D eigenvalue weighted by atomic mass is 9.93. The summed E-state index contributed by atoms with van der Waals surface area (Å²) in [5.41, 5.74) is 2.17. The van der Waals surface area contributed by atoms with Crippen molar-refractivity contribution in [2.24, 2.45) is 0 Å². The van der Waals surface area contributed by atoms with E-state index in [0.717, 1.165) is 31.6 Å². The summed E-state index contributed by atoms with van der Waals surface area (Å²) in [4.78, 5) is 0. The average molecular weight is 447 g/mol. The fraction of sp³-hybridized carbons (Fsp3) is 0.143. The zero-order valence-electron chi connectivity index (χ0n) is 9.49. The molecule has 2 aliphatic rings. The molecule has 96 valence electrons. The quantitative estimate of drug-likeness (QED) is 0.532. The first-order chi connectivity index (χ1) is 9.09. The van der Waals surface area contributed by atoms with Crippen LogP contribution >= 0.6 is 47.8 Å². The van der Waals surface area contributed by atoms with E-state index >= 15 is 0 Å². The molecule has 5 heteroatoms. The maximum absolute atomic E-state index is 5.91. The van der Waals surface area contributed by atoms with Crippen molar-refractivity contribution < 1.29 is 9.47 Å². The van der Waals surface area contributed by atoms with Gasteiger partial charge in [-0.3, -0.25) is 0 Å². The maximum atomic E-state index is 5.91. The van der Waals surface area contributed by atoms with Gasteiger partial charge in [0.2, 0.25) is 0 Å². The molecule has 2 aromatic rings. The molecule has 4 rings (SSSR count).